The van der Waals surface area contributed by atoms with E-state index < -0.39 is 65.4 Å². The zero-order valence-electron chi connectivity index (χ0n) is 63.7. The molecule has 0 spiro atoms. The molecule has 6 amide bonds. The van der Waals surface area contributed by atoms with Crippen molar-refractivity contribution in [2.24, 2.45) is 11.7 Å². The van der Waals surface area contributed by atoms with Crippen molar-refractivity contribution in [2.75, 3.05) is 45.9 Å². The van der Waals surface area contributed by atoms with Gasteiger partial charge in [-0.1, -0.05) is 92.7 Å². The Morgan fingerprint density at radius 2 is 0.723 bits per heavy atom. The van der Waals surface area contributed by atoms with E-state index in [2.05, 4.69) is 16.0 Å². The van der Waals surface area contributed by atoms with Crippen molar-refractivity contribution < 1.29 is 74.1 Å². The number of rotatable bonds is 25. The normalized spacial score (nSPS) is 18.1. The van der Waals surface area contributed by atoms with Gasteiger partial charge in [-0.25, -0.2) is 34.0 Å². The second-order valence-electron chi connectivity index (χ2n) is 28.3. The van der Waals surface area contributed by atoms with Gasteiger partial charge in [0.15, 0.2) is 0 Å². The van der Waals surface area contributed by atoms with Crippen molar-refractivity contribution in [1.29, 1.82) is 0 Å². The quantitative estimate of drug-likeness (QED) is 0.0332. The van der Waals surface area contributed by atoms with Crippen LogP contribution in [-0.4, -0.2) is 157 Å². The Bertz CT molecular complexity index is 4800. The molecule has 21 nitrogen and oxygen atoms in total. The lowest BCUT2D eigenvalue weighted by Gasteiger charge is -2.31. The molecule has 0 aromatic heterocycles. The topological polar surface area (TPSA) is 314 Å². The first-order valence-electron chi connectivity index (χ1n) is 38.8. The first kappa shape index (κ1) is 84.3. The molecule has 8 aromatic rings. The van der Waals surface area contributed by atoms with Crippen molar-refractivity contribution >= 4 is 71.2 Å². The lowest BCUT2D eigenvalue weighted by molar-refractivity contribution is -0.135. The van der Waals surface area contributed by atoms with Crippen molar-refractivity contribution in [3.8, 4) is 0 Å². The summed E-state index contributed by atoms with van der Waals surface area (Å²) in [4.78, 5) is 94.3. The standard InChI is InChI=1S/C32H35FN2O4S.C22H26N2O5S.C22H24N2O5S.C9H10FN.CH4/c33-26-16-12-23(13-17-26)29-22-25(29)8-7-11-30(32(37)35-20-5-2-6-21-35)34-31(36)24-14-18-28(19-15-24)40(38,39)27-9-3-1-4-10-27;2*25-16-13-20(22(27)24-14-5-2-6-15-24)23-21(26)17-9-11-19(12-10-17)30(28,29)18-7-3-1-4-8-18;10-7-3-1-6(2-4-7)8-5-9(8)11;/h1,3-4,9-10,12-19,25,29-30H,2,5-8,11,20-22H2,(H,34,36);1,3-4,7-12,20,25H,2,5-6,13-16H2,(H,23,26);1,3-4,7-12,16,20H,2,5-6,13-15H2,(H,23,26);1-4,8-9H,5,11H2;1H4/t25-,29+,30+;2*20-;8-,9+;/m1000./s1/i;;;;1D. The van der Waals surface area contributed by atoms with Gasteiger partial charge < -0.3 is 46.3 Å². The van der Waals surface area contributed by atoms with Crippen LogP contribution in [0.25, 0.3) is 0 Å². The maximum Gasteiger partial charge on any atom is 0.251 e. The number of hydrogen-bond acceptors (Lipinski definition) is 15. The summed E-state index contributed by atoms with van der Waals surface area (Å²) in [6, 6.07) is 52.4. The maximum absolute atomic E-state index is 13.4. The van der Waals surface area contributed by atoms with E-state index in [0.717, 1.165) is 89.0 Å². The molecule has 0 unspecified atom stereocenters. The number of nitrogens with one attached hydrogen (secondary N) is 3. The van der Waals surface area contributed by atoms with Gasteiger partial charge in [0.2, 0.25) is 47.2 Å². The number of sulfone groups is 3. The largest absolute Gasteiger partial charge is 0.396 e. The Hall–Kier alpha value is -10.1. The molecule has 6 N–H and O–H groups in total. The number of carbonyl (C=O) groups excluding carboxylic acids is 7. The number of benzene rings is 8. The summed E-state index contributed by atoms with van der Waals surface area (Å²) in [7, 11) is -9.78. The molecule has 2 saturated carbocycles. The number of carbonyl (C=O) groups is 7. The highest BCUT2D eigenvalue weighted by atomic mass is 32.2. The molecule has 13 rings (SSSR count). The van der Waals surface area contributed by atoms with E-state index >= 15 is 0 Å². The predicted octanol–water partition coefficient (Wildman–Crippen LogP) is 12.3. The highest BCUT2D eigenvalue weighted by Crippen LogP contribution is 2.50. The molecular formula is C86H99F2N7O14S3. The summed E-state index contributed by atoms with van der Waals surface area (Å²) >= 11 is 0. The Morgan fingerprint density at radius 3 is 1.04 bits per heavy atom. The van der Waals surface area contributed by atoms with Gasteiger partial charge in [0.1, 0.15) is 36.0 Å². The Balaban J connectivity index is 0.000000182. The van der Waals surface area contributed by atoms with Crippen LogP contribution in [0.1, 0.15) is 166 Å². The van der Waals surface area contributed by atoms with E-state index in [1.807, 2.05) is 29.2 Å². The molecule has 3 saturated heterocycles. The van der Waals surface area contributed by atoms with Crippen molar-refractivity contribution in [2.45, 2.75) is 176 Å². The highest BCUT2D eigenvalue weighted by Gasteiger charge is 2.39. The van der Waals surface area contributed by atoms with Crippen LogP contribution < -0.4 is 21.7 Å². The molecule has 594 valence electrons. The predicted molar refractivity (Wildman–Crippen MR) is 422 cm³/mol. The lowest BCUT2D eigenvalue weighted by Crippen LogP contribution is -2.50. The minimum Gasteiger partial charge on any atom is -0.396 e. The number of likely N-dealkylation sites (tertiary alicyclic amines) is 3. The van der Waals surface area contributed by atoms with Crippen LogP contribution in [0, 0.1) is 17.6 Å². The molecule has 26 heteroatoms. The van der Waals surface area contributed by atoms with Gasteiger partial charge in [0.05, 0.1) is 29.4 Å². The molecule has 3 heterocycles. The van der Waals surface area contributed by atoms with Crippen LogP contribution in [0.15, 0.2) is 242 Å². The lowest BCUT2D eigenvalue weighted by atomic mass is 10.0. The number of aliphatic hydroxyl groups is 1. The third-order valence-corrected chi connectivity index (χ3v) is 25.8. The van der Waals surface area contributed by atoms with Gasteiger partial charge in [-0.2, -0.15) is 0 Å². The first-order chi connectivity index (χ1) is 54.5. The summed E-state index contributed by atoms with van der Waals surface area (Å²) < 4.78 is 108. The van der Waals surface area contributed by atoms with Crippen molar-refractivity contribution in [3.05, 3.63) is 252 Å². The van der Waals surface area contributed by atoms with E-state index in [1.165, 1.54) is 146 Å². The monoisotopic (exact) mass is 1590 g/mol. The van der Waals surface area contributed by atoms with E-state index in [1.54, 1.807) is 64.4 Å². The fourth-order valence-electron chi connectivity index (χ4n) is 13.8. The minimum absolute atomic E-state index is 0.0535. The highest BCUT2D eigenvalue weighted by molar-refractivity contribution is 7.92. The third kappa shape index (κ3) is 23.5. The number of halogens is 2. The van der Waals surface area contributed by atoms with Gasteiger partial charge in [0, 0.05) is 82.3 Å². The van der Waals surface area contributed by atoms with Gasteiger partial charge in [-0.05, 0) is 246 Å². The molecule has 3 aliphatic heterocycles. The second-order valence-corrected chi connectivity index (χ2v) is 34.2. The smallest absolute Gasteiger partial charge is 0.251 e. The van der Waals surface area contributed by atoms with Crippen LogP contribution in [-0.2, 0) is 48.7 Å². The zero-order chi connectivity index (χ0) is 81.1. The number of hydrogen-bond donors (Lipinski definition) is 5. The van der Waals surface area contributed by atoms with Gasteiger partial charge in [0.25, 0.3) is 17.7 Å². The summed E-state index contributed by atoms with van der Waals surface area (Å²) in [5, 5.41) is 17.5. The first-order valence-corrected chi connectivity index (χ1v) is 42.2. The molecule has 7 atom stereocenters. The number of amides is 6. The van der Waals surface area contributed by atoms with Crippen LogP contribution in [0.3, 0.4) is 0 Å². The van der Waals surface area contributed by atoms with Crippen LogP contribution in [0.2, 0.25) is 0 Å². The molecular weight excluding hydrogens is 1490 g/mol. The number of nitrogens with two attached hydrogens (primary N) is 1. The van der Waals surface area contributed by atoms with Crippen LogP contribution >= 0.6 is 0 Å². The number of aliphatic hydroxyl groups excluding tert-OH is 1. The Kier molecular flexibility index (Phi) is 30.8. The van der Waals surface area contributed by atoms with E-state index in [-0.39, 0.29) is 89.3 Å². The van der Waals surface area contributed by atoms with Crippen LogP contribution in [0.5, 0.6) is 0 Å². The van der Waals surface area contributed by atoms with E-state index in [4.69, 9.17) is 7.10 Å². The Labute approximate surface area is 656 Å². The minimum atomic E-state index is -3.68. The molecule has 0 radical (unpaired) electrons. The molecule has 8 aromatic carbocycles. The maximum atomic E-state index is 13.4. The molecule has 2 aliphatic carbocycles. The molecule has 0 bridgehead atoms. The second kappa shape index (κ2) is 40.9. The average Bonchev–Trinajstić information content (AvgIpc) is 1.78. The van der Waals surface area contributed by atoms with Gasteiger partial charge in [-0.15, -0.1) is 0 Å². The average molecular weight is 1590 g/mol. The third-order valence-electron chi connectivity index (χ3n) is 20.4. The SMILES string of the molecule is N[C@@H]1C[C@H]1c1ccc(F)cc1.O=C(N[C@@H](CCC[C@@H]1C[C@H]1c1ccc(F)cc1)C(=O)N1CCCCC1)c1ccc(S(=O)(=O)c2ccccc2)cc1.O=C(N[C@@H](CCO)C(=O)N1CCCCC1)c1ccc(S(=O)(=O)c2ccccc2)cc1.O=CC[C@H](NC(=O)c1ccc(S(=O)(=O)c2ccccc2)cc1)C(=O)N1CCCCC1.[2H]C. The number of nitrogens with zero attached hydrogens (tertiary/aromatic N) is 3. The fraction of sp³-hybridized carbons (Fsp3) is 0.360. The summed E-state index contributed by atoms with van der Waals surface area (Å²) in [5.41, 5.74) is 8.73. The van der Waals surface area contributed by atoms with Crippen molar-refractivity contribution in [3.63, 3.8) is 0 Å². The number of piperidine rings is 3. The number of aldehydes is 1. The molecule has 5 aliphatic rings. The summed E-state index contributed by atoms with van der Waals surface area (Å²) in [6.45, 7) is 3.73. The zero-order valence-corrected chi connectivity index (χ0v) is 65.2. The summed E-state index contributed by atoms with van der Waals surface area (Å²) in [6.07, 6.45) is 13.9. The fourth-order valence-corrected chi connectivity index (χ4v) is 17.7. The van der Waals surface area contributed by atoms with Crippen LogP contribution in [0.4, 0.5) is 8.78 Å². The summed E-state index contributed by atoms with van der Waals surface area (Å²) in [5.74, 6) is -0.918. The van der Waals surface area contributed by atoms with E-state index in [9.17, 15) is 72.7 Å². The Morgan fingerprint density at radius 1 is 0.429 bits per heavy atom. The van der Waals surface area contributed by atoms with Gasteiger partial charge in [-0.3, -0.25) is 28.8 Å². The van der Waals surface area contributed by atoms with E-state index in [0.29, 0.717) is 81.3 Å². The molecule has 5 fully saturated rings. The van der Waals surface area contributed by atoms with Crippen molar-refractivity contribution in [1.82, 2.24) is 30.7 Å². The van der Waals surface area contributed by atoms with Gasteiger partial charge >= 0.3 is 0 Å². The molecule has 112 heavy (non-hydrogen) atoms.